The monoisotopic (exact) mass is 264 g/mol. The summed E-state index contributed by atoms with van der Waals surface area (Å²) >= 11 is 0. The molecule has 0 N–H and O–H groups in total. The predicted molar refractivity (Wildman–Crippen MR) is 72.9 cm³/mol. The number of hydrogen-bond acceptors (Lipinski definition) is 4. The van der Waals surface area contributed by atoms with E-state index in [9.17, 15) is 4.79 Å². The van der Waals surface area contributed by atoms with Crippen LogP contribution in [0.15, 0.2) is 18.2 Å². The molecule has 1 saturated heterocycles. The van der Waals surface area contributed by atoms with Crippen molar-refractivity contribution in [2.24, 2.45) is 0 Å². The minimum atomic E-state index is 0.0209. The molecule has 19 heavy (non-hydrogen) atoms. The zero-order valence-electron chi connectivity index (χ0n) is 11.7. The Morgan fingerprint density at radius 1 is 1.11 bits per heavy atom. The standard InChI is InChI=1S/C14H20N2O3/c1-15-6-8-16(9-7-15)14(17)12-5-4-11(18-2)10-13(12)19-3/h4-5,10H,6-9H2,1-3H3. The van der Waals surface area contributed by atoms with E-state index in [1.807, 2.05) is 4.90 Å². The molecule has 0 spiro atoms. The average molecular weight is 264 g/mol. The number of carbonyl (C=O) groups excluding carboxylic acids is 1. The Labute approximate surface area is 113 Å². The smallest absolute Gasteiger partial charge is 0.257 e. The number of likely N-dealkylation sites (N-methyl/N-ethyl adjacent to an activating group) is 1. The minimum Gasteiger partial charge on any atom is -0.497 e. The molecule has 0 saturated carbocycles. The van der Waals surface area contributed by atoms with E-state index in [0.717, 1.165) is 26.2 Å². The minimum absolute atomic E-state index is 0.0209. The number of benzene rings is 1. The molecule has 1 aromatic rings. The SMILES string of the molecule is COc1ccc(C(=O)N2CCN(C)CC2)c(OC)c1. The lowest BCUT2D eigenvalue weighted by Crippen LogP contribution is -2.47. The summed E-state index contributed by atoms with van der Waals surface area (Å²) in [6, 6.07) is 5.29. The second kappa shape index (κ2) is 5.93. The number of ether oxygens (including phenoxy) is 2. The Morgan fingerprint density at radius 3 is 2.37 bits per heavy atom. The zero-order chi connectivity index (χ0) is 13.8. The average Bonchev–Trinajstić information content (AvgIpc) is 2.46. The lowest BCUT2D eigenvalue weighted by molar-refractivity contribution is 0.0661. The first-order valence-electron chi connectivity index (χ1n) is 6.35. The van der Waals surface area contributed by atoms with Gasteiger partial charge in [-0.15, -0.1) is 0 Å². The van der Waals surface area contributed by atoms with Crippen molar-refractivity contribution < 1.29 is 14.3 Å². The van der Waals surface area contributed by atoms with Crippen LogP contribution in [0.25, 0.3) is 0 Å². The third kappa shape index (κ3) is 2.98. The van der Waals surface area contributed by atoms with Crippen molar-refractivity contribution in [1.82, 2.24) is 9.80 Å². The molecule has 0 atom stereocenters. The first-order valence-corrected chi connectivity index (χ1v) is 6.35. The van der Waals surface area contributed by atoms with Crippen LogP contribution in [0.3, 0.4) is 0 Å². The molecule has 0 aliphatic carbocycles. The maximum absolute atomic E-state index is 12.5. The highest BCUT2D eigenvalue weighted by Gasteiger charge is 2.23. The summed E-state index contributed by atoms with van der Waals surface area (Å²) < 4.78 is 10.4. The van der Waals surface area contributed by atoms with Gasteiger partial charge in [-0.2, -0.15) is 0 Å². The molecule has 1 aromatic carbocycles. The van der Waals surface area contributed by atoms with Gasteiger partial charge in [0.1, 0.15) is 11.5 Å². The van der Waals surface area contributed by atoms with Gasteiger partial charge in [-0.25, -0.2) is 0 Å². The Morgan fingerprint density at radius 2 is 1.79 bits per heavy atom. The quantitative estimate of drug-likeness (QED) is 0.819. The van der Waals surface area contributed by atoms with Gasteiger partial charge in [0, 0.05) is 32.2 Å². The summed E-state index contributed by atoms with van der Waals surface area (Å²) in [7, 11) is 5.22. The summed E-state index contributed by atoms with van der Waals surface area (Å²) in [5.74, 6) is 1.27. The molecule has 0 radical (unpaired) electrons. The third-order valence-electron chi connectivity index (χ3n) is 3.43. The number of carbonyl (C=O) groups is 1. The second-order valence-electron chi connectivity index (χ2n) is 4.66. The second-order valence-corrected chi connectivity index (χ2v) is 4.66. The van der Waals surface area contributed by atoms with Crippen molar-refractivity contribution in [2.75, 3.05) is 47.4 Å². The molecule has 1 aliphatic rings. The van der Waals surface area contributed by atoms with Crippen LogP contribution >= 0.6 is 0 Å². The molecule has 5 heteroatoms. The fourth-order valence-corrected chi connectivity index (χ4v) is 2.16. The van der Waals surface area contributed by atoms with Crippen LogP contribution < -0.4 is 9.47 Å². The summed E-state index contributed by atoms with van der Waals surface area (Å²) in [4.78, 5) is 16.6. The van der Waals surface area contributed by atoms with Gasteiger partial charge in [0.25, 0.3) is 5.91 Å². The van der Waals surface area contributed by atoms with Crippen molar-refractivity contribution in [3.05, 3.63) is 23.8 Å². The molecule has 0 bridgehead atoms. The van der Waals surface area contributed by atoms with Gasteiger partial charge in [-0.3, -0.25) is 4.79 Å². The number of amides is 1. The molecule has 1 heterocycles. The van der Waals surface area contributed by atoms with Crippen molar-refractivity contribution in [3.63, 3.8) is 0 Å². The van der Waals surface area contributed by atoms with E-state index >= 15 is 0 Å². The van der Waals surface area contributed by atoms with Crippen molar-refractivity contribution in [2.45, 2.75) is 0 Å². The van der Waals surface area contributed by atoms with Gasteiger partial charge >= 0.3 is 0 Å². The fourth-order valence-electron chi connectivity index (χ4n) is 2.16. The summed E-state index contributed by atoms with van der Waals surface area (Å²) in [6.45, 7) is 3.32. The van der Waals surface area contributed by atoms with Gasteiger partial charge in [-0.1, -0.05) is 0 Å². The summed E-state index contributed by atoms with van der Waals surface area (Å²) in [6.07, 6.45) is 0. The van der Waals surface area contributed by atoms with Crippen molar-refractivity contribution in [3.8, 4) is 11.5 Å². The Hall–Kier alpha value is -1.75. The van der Waals surface area contributed by atoms with Gasteiger partial charge < -0.3 is 19.3 Å². The highest BCUT2D eigenvalue weighted by Crippen LogP contribution is 2.26. The molecule has 1 amide bonds. The Kier molecular flexibility index (Phi) is 4.27. The summed E-state index contributed by atoms with van der Waals surface area (Å²) in [5, 5.41) is 0. The highest BCUT2D eigenvalue weighted by atomic mass is 16.5. The molecule has 2 rings (SSSR count). The maximum Gasteiger partial charge on any atom is 0.257 e. The van der Waals surface area contributed by atoms with Crippen LogP contribution in [-0.4, -0.2) is 63.2 Å². The zero-order valence-corrected chi connectivity index (χ0v) is 11.7. The molecule has 0 unspecified atom stereocenters. The molecule has 1 fully saturated rings. The molecular weight excluding hydrogens is 244 g/mol. The van der Waals surface area contributed by atoms with E-state index in [4.69, 9.17) is 9.47 Å². The van der Waals surface area contributed by atoms with Crippen LogP contribution in [-0.2, 0) is 0 Å². The van der Waals surface area contributed by atoms with E-state index in [1.54, 1.807) is 32.4 Å². The largest absolute Gasteiger partial charge is 0.497 e. The lowest BCUT2D eigenvalue weighted by Gasteiger charge is -2.32. The molecule has 5 nitrogen and oxygen atoms in total. The molecule has 1 aliphatic heterocycles. The van der Waals surface area contributed by atoms with Gasteiger partial charge in [-0.05, 0) is 19.2 Å². The van der Waals surface area contributed by atoms with E-state index in [0.29, 0.717) is 17.1 Å². The maximum atomic E-state index is 12.5. The highest BCUT2D eigenvalue weighted by molar-refractivity contribution is 5.97. The first-order chi connectivity index (χ1) is 9.15. The Bertz CT molecular complexity index is 454. The van der Waals surface area contributed by atoms with Crippen LogP contribution in [0.5, 0.6) is 11.5 Å². The van der Waals surface area contributed by atoms with Crippen LogP contribution in [0.2, 0.25) is 0 Å². The van der Waals surface area contributed by atoms with Crippen LogP contribution in [0.4, 0.5) is 0 Å². The number of methoxy groups -OCH3 is 2. The number of rotatable bonds is 3. The van der Waals surface area contributed by atoms with Gasteiger partial charge in [0.15, 0.2) is 0 Å². The van der Waals surface area contributed by atoms with E-state index in [1.165, 1.54) is 0 Å². The number of hydrogen-bond donors (Lipinski definition) is 0. The number of piperazine rings is 1. The molecular formula is C14H20N2O3. The van der Waals surface area contributed by atoms with Gasteiger partial charge in [0.2, 0.25) is 0 Å². The van der Waals surface area contributed by atoms with E-state index in [2.05, 4.69) is 11.9 Å². The third-order valence-corrected chi connectivity index (χ3v) is 3.43. The van der Waals surface area contributed by atoms with E-state index < -0.39 is 0 Å². The van der Waals surface area contributed by atoms with Crippen molar-refractivity contribution >= 4 is 5.91 Å². The van der Waals surface area contributed by atoms with E-state index in [-0.39, 0.29) is 5.91 Å². The summed E-state index contributed by atoms with van der Waals surface area (Å²) in [5.41, 5.74) is 0.591. The van der Waals surface area contributed by atoms with Gasteiger partial charge in [0.05, 0.1) is 19.8 Å². The molecule has 0 aromatic heterocycles. The topological polar surface area (TPSA) is 42.0 Å². The normalized spacial score (nSPS) is 16.3. The van der Waals surface area contributed by atoms with Crippen LogP contribution in [0, 0.1) is 0 Å². The fraction of sp³-hybridized carbons (Fsp3) is 0.500. The Balaban J connectivity index is 2.18. The number of nitrogens with zero attached hydrogens (tertiary/aromatic N) is 2. The van der Waals surface area contributed by atoms with Crippen molar-refractivity contribution in [1.29, 1.82) is 0 Å². The first kappa shape index (κ1) is 13.7. The predicted octanol–water partition coefficient (Wildman–Crippen LogP) is 1.09. The van der Waals surface area contributed by atoms with Crippen LogP contribution in [0.1, 0.15) is 10.4 Å². The lowest BCUT2D eigenvalue weighted by atomic mass is 10.1. The molecule has 104 valence electrons.